The van der Waals surface area contributed by atoms with Crippen LogP contribution in [0.15, 0.2) is 30.3 Å². The molecular weight excluding hydrogens is 434 g/mol. The van der Waals surface area contributed by atoms with E-state index in [0.717, 1.165) is 27.3 Å². The number of hydrogen-bond donors (Lipinski definition) is 4. The van der Waals surface area contributed by atoms with E-state index in [4.69, 9.17) is 16.2 Å². The maximum absolute atomic E-state index is 12.9. The van der Waals surface area contributed by atoms with Crippen LogP contribution < -0.4 is 22.1 Å². The maximum Gasteiger partial charge on any atom is 0.350 e. The molecule has 0 aliphatic carbocycles. The van der Waals surface area contributed by atoms with E-state index in [0.29, 0.717) is 25.9 Å². The fraction of sp³-hybridized carbons (Fsp3) is 0.333. The molecule has 0 saturated carbocycles. The highest BCUT2D eigenvalue weighted by Gasteiger charge is 2.27. The second-order valence-corrected chi connectivity index (χ2v) is 8.46. The van der Waals surface area contributed by atoms with Crippen LogP contribution in [-0.4, -0.2) is 48.0 Å². The van der Waals surface area contributed by atoms with Crippen molar-refractivity contribution in [3.63, 3.8) is 0 Å². The molecule has 3 rings (SSSR count). The number of nitrogens with zero attached hydrogens (tertiary/aromatic N) is 1. The zero-order chi connectivity index (χ0) is 23.3. The molecule has 2 heterocycles. The first-order valence-corrected chi connectivity index (χ1v) is 10.8. The predicted octanol–water partition coefficient (Wildman–Crippen LogP) is 2.24. The Balaban J connectivity index is 1.78. The van der Waals surface area contributed by atoms with Crippen molar-refractivity contribution in [2.24, 2.45) is 11.5 Å². The standard InChI is InChI=1S/C21H25N5O5S/c1-12(27)24-10-13-4-6-14(7-5-13)17-9-16(25-20(22)29)18(32-17)19(28)31-15-3-2-8-26(11-15)21(23)30/h4-7,9,15H,2-3,8,10-11H2,1H3,(H2,23,30)(H,24,27)(H3,22,25,29). The number of likely N-dealkylation sites (tertiary alicyclic amines) is 1. The summed E-state index contributed by atoms with van der Waals surface area (Å²) in [5.41, 5.74) is 12.6. The monoisotopic (exact) mass is 459 g/mol. The highest BCUT2D eigenvalue weighted by atomic mass is 32.1. The fourth-order valence-corrected chi connectivity index (χ4v) is 4.37. The highest BCUT2D eigenvalue weighted by molar-refractivity contribution is 7.18. The van der Waals surface area contributed by atoms with Crippen molar-refractivity contribution in [3.8, 4) is 10.4 Å². The third-order valence-electron chi connectivity index (χ3n) is 4.92. The van der Waals surface area contributed by atoms with Crippen molar-refractivity contribution >= 4 is 41.0 Å². The van der Waals surface area contributed by atoms with Gasteiger partial charge in [-0.15, -0.1) is 11.3 Å². The first kappa shape index (κ1) is 23.1. The molecule has 5 amide bonds. The average molecular weight is 460 g/mol. The maximum atomic E-state index is 12.9. The number of carbonyl (C=O) groups excluding carboxylic acids is 4. The van der Waals surface area contributed by atoms with Gasteiger partial charge in [0.1, 0.15) is 11.0 Å². The van der Waals surface area contributed by atoms with E-state index in [1.165, 1.54) is 11.8 Å². The van der Waals surface area contributed by atoms with Crippen LogP contribution >= 0.6 is 11.3 Å². The van der Waals surface area contributed by atoms with Gasteiger partial charge in [-0.1, -0.05) is 24.3 Å². The van der Waals surface area contributed by atoms with E-state index in [-0.39, 0.29) is 23.0 Å². The number of amides is 5. The summed E-state index contributed by atoms with van der Waals surface area (Å²) >= 11 is 1.16. The Hall–Kier alpha value is -3.60. The lowest BCUT2D eigenvalue weighted by atomic mass is 10.1. The number of urea groups is 2. The van der Waals surface area contributed by atoms with Crippen LogP contribution in [0.3, 0.4) is 0 Å². The molecule has 0 bridgehead atoms. The molecule has 2 aromatic rings. The summed E-state index contributed by atoms with van der Waals surface area (Å²) in [6.07, 6.45) is 0.805. The molecule has 6 N–H and O–H groups in total. The minimum Gasteiger partial charge on any atom is -0.456 e. The van der Waals surface area contributed by atoms with Crippen LogP contribution in [0.2, 0.25) is 0 Å². The fourth-order valence-electron chi connectivity index (χ4n) is 3.36. The summed E-state index contributed by atoms with van der Waals surface area (Å²) in [5.74, 6) is -0.724. The van der Waals surface area contributed by atoms with Gasteiger partial charge in [0.15, 0.2) is 0 Å². The first-order valence-electron chi connectivity index (χ1n) is 10.0. The van der Waals surface area contributed by atoms with Crippen molar-refractivity contribution in [2.75, 3.05) is 18.4 Å². The molecule has 1 aliphatic heterocycles. The number of primary amides is 2. The minimum atomic E-state index is -0.799. The molecule has 32 heavy (non-hydrogen) atoms. The first-order chi connectivity index (χ1) is 15.2. The molecule has 0 radical (unpaired) electrons. The lowest BCUT2D eigenvalue weighted by Crippen LogP contribution is -2.46. The SMILES string of the molecule is CC(=O)NCc1ccc(-c2cc(NC(N)=O)c(C(=O)OC3CCCN(C(N)=O)C3)s2)cc1. The number of piperidine rings is 1. The Kier molecular flexibility index (Phi) is 7.31. The zero-order valence-electron chi connectivity index (χ0n) is 17.6. The minimum absolute atomic E-state index is 0.116. The van der Waals surface area contributed by atoms with Gasteiger partial charge in [0.25, 0.3) is 0 Å². The number of esters is 1. The van der Waals surface area contributed by atoms with Gasteiger partial charge in [-0.05, 0) is 30.0 Å². The lowest BCUT2D eigenvalue weighted by molar-refractivity contribution is -0.119. The molecule has 0 spiro atoms. The molecule has 11 heteroatoms. The summed E-state index contributed by atoms with van der Waals surface area (Å²) in [6.45, 7) is 2.62. The van der Waals surface area contributed by atoms with E-state index in [9.17, 15) is 19.2 Å². The summed E-state index contributed by atoms with van der Waals surface area (Å²) in [4.78, 5) is 49.2. The number of thiophene rings is 1. The van der Waals surface area contributed by atoms with Crippen LogP contribution in [0.25, 0.3) is 10.4 Å². The summed E-state index contributed by atoms with van der Waals surface area (Å²) in [5, 5.41) is 5.20. The second-order valence-electron chi connectivity index (χ2n) is 7.40. The van der Waals surface area contributed by atoms with Crippen LogP contribution in [0, 0.1) is 0 Å². The molecule has 1 saturated heterocycles. The third-order valence-corrected chi connectivity index (χ3v) is 6.08. The van der Waals surface area contributed by atoms with Crippen LogP contribution in [0.1, 0.15) is 35.0 Å². The van der Waals surface area contributed by atoms with Gasteiger partial charge in [-0.25, -0.2) is 14.4 Å². The number of ether oxygens (including phenoxy) is 1. The molecule has 1 aromatic carbocycles. The molecule has 1 fully saturated rings. The topological polar surface area (TPSA) is 157 Å². The summed E-state index contributed by atoms with van der Waals surface area (Å²) < 4.78 is 5.59. The number of anilines is 1. The molecule has 1 unspecified atom stereocenters. The molecule has 10 nitrogen and oxygen atoms in total. The Morgan fingerprint density at radius 3 is 2.53 bits per heavy atom. The normalized spacial score (nSPS) is 15.7. The number of rotatable bonds is 6. The summed E-state index contributed by atoms with van der Waals surface area (Å²) in [7, 11) is 0. The highest BCUT2D eigenvalue weighted by Crippen LogP contribution is 2.36. The van der Waals surface area contributed by atoms with Gasteiger partial charge < -0.3 is 31.7 Å². The van der Waals surface area contributed by atoms with Crippen molar-refractivity contribution in [2.45, 2.75) is 32.4 Å². The van der Waals surface area contributed by atoms with Crippen molar-refractivity contribution < 1.29 is 23.9 Å². The molecule has 1 atom stereocenters. The Bertz CT molecular complexity index is 1020. The predicted molar refractivity (Wildman–Crippen MR) is 120 cm³/mol. The Morgan fingerprint density at radius 2 is 1.91 bits per heavy atom. The Labute approximate surface area is 188 Å². The van der Waals surface area contributed by atoms with Gasteiger partial charge in [-0.2, -0.15) is 0 Å². The number of benzene rings is 1. The summed E-state index contributed by atoms with van der Waals surface area (Å²) in [6, 6.07) is 7.75. The zero-order valence-corrected chi connectivity index (χ0v) is 18.4. The second kappa shape index (κ2) is 10.1. The number of nitrogens with two attached hydrogens (primary N) is 2. The molecular formula is C21H25N5O5S. The van der Waals surface area contributed by atoms with Gasteiger partial charge in [0.2, 0.25) is 5.91 Å². The van der Waals surface area contributed by atoms with E-state index in [1.807, 2.05) is 24.3 Å². The van der Waals surface area contributed by atoms with Crippen LogP contribution in [0.4, 0.5) is 15.3 Å². The van der Waals surface area contributed by atoms with Crippen molar-refractivity contribution in [3.05, 3.63) is 40.8 Å². The van der Waals surface area contributed by atoms with Crippen LogP contribution in [-0.2, 0) is 16.1 Å². The van der Waals surface area contributed by atoms with Gasteiger partial charge in [-0.3, -0.25) is 4.79 Å². The van der Waals surface area contributed by atoms with Crippen molar-refractivity contribution in [1.29, 1.82) is 0 Å². The molecule has 1 aromatic heterocycles. The van der Waals surface area contributed by atoms with E-state index in [1.54, 1.807) is 6.07 Å². The van der Waals surface area contributed by atoms with Gasteiger partial charge >= 0.3 is 18.0 Å². The molecule has 1 aliphatic rings. The Morgan fingerprint density at radius 1 is 1.19 bits per heavy atom. The number of carbonyl (C=O) groups is 4. The number of nitrogens with one attached hydrogen (secondary N) is 2. The molecule has 170 valence electrons. The van der Waals surface area contributed by atoms with Crippen LogP contribution in [0.5, 0.6) is 0 Å². The van der Waals surface area contributed by atoms with Crippen molar-refractivity contribution in [1.82, 2.24) is 10.2 Å². The van der Waals surface area contributed by atoms with E-state index in [2.05, 4.69) is 10.6 Å². The average Bonchev–Trinajstić information content (AvgIpc) is 3.16. The third kappa shape index (κ3) is 5.97. The van der Waals surface area contributed by atoms with Gasteiger partial charge in [0.05, 0.1) is 12.2 Å². The quantitative estimate of drug-likeness (QED) is 0.487. The van der Waals surface area contributed by atoms with Gasteiger partial charge in [0, 0.05) is 24.9 Å². The van der Waals surface area contributed by atoms with E-state index < -0.39 is 24.1 Å². The lowest BCUT2D eigenvalue weighted by Gasteiger charge is -2.31. The van der Waals surface area contributed by atoms with E-state index >= 15 is 0 Å². The number of hydrogen-bond acceptors (Lipinski definition) is 6. The largest absolute Gasteiger partial charge is 0.456 e. The smallest absolute Gasteiger partial charge is 0.350 e.